The third kappa shape index (κ3) is 4.42. The van der Waals surface area contributed by atoms with Gasteiger partial charge in [0.15, 0.2) is 0 Å². The van der Waals surface area contributed by atoms with Crippen molar-refractivity contribution in [2.24, 2.45) is 0 Å². The van der Waals surface area contributed by atoms with Crippen LogP contribution in [0.4, 0.5) is 17.3 Å². The van der Waals surface area contributed by atoms with Crippen molar-refractivity contribution in [2.45, 2.75) is 25.8 Å². The summed E-state index contributed by atoms with van der Waals surface area (Å²) in [5.41, 5.74) is 0.646. The minimum absolute atomic E-state index is 0.00926. The van der Waals surface area contributed by atoms with Gasteiger partial charge in [0, 0.05) is 25.2 Å². The molecule has 2 aromatic rings. The number of non-ortho nitro benzene ring substituents is 1. The third-order valence-electron chi connectivity index (χ3n) is 4.41. The third-order valence-corrected chi connectivity index (χ3v) is 4.41. The van der Waals surface area contributed by atoms with Crippen LogP contribution < -0.4 is 10.2 Å². The van der Waals surface area contributed by atoms with Crippen LogP contribution in [0.25, 0.3) is 0 Å². The Bertz CT molecular complexity index is 890. The zero-order chi connectivity index (χ0) is 20.1. The highest BCUT2D eigenvalue weighted by Gasteiger charge is 2.22. The highest BCUT2D eigenvalue weighted by molar-refractivity contribution is 6.07. The molecule has 3 rings (SSSR count). The van der Waals surface area contributed by atoms with Crippen LogP contribution in [0.15, 0.2) is 24.5 Å². The first-order chi connectivity index (χ1) is 13.5. The number of anilines is 2. The number of benzene rings is 1. The van der Waals surface area contributed by atoms with E-state index in [0.717, 1.165) is 32.4 Å². The van der Waals surface area contributed by atoms with Gasteiger partial charge in [-0.1, -0.05) is 0 Å². The highest BCUT2D eigenvalue weighted by atomic mass is 16.6. The minimum Gasteiger partial charge on any atom is -0.468 e. The van der Waals surface area contributed by atoms with E-state index < -0.39 is 16.8 Å². The van der Waals surface area contributed by atoms with E-state index >= 15 is 0 Å². The van der Waals surface area contributed by atoms with Gasteiger partial charge >= 0.3 is 5.97 Å². The van der Waals surface area contributed by atoms with Crippen LogP contribution in [0.5, 0.6) is 0 Å². The first-order valence-corrected chi connectivity index (χ1v) is 8.79. The van der Waals surface area contributed by atoms with Crippen LogP contribution in [0.2, 0.25) is 0 Å². The van der Waals surface area contributed by atoms with Crippen molar-refractivity contribution < 1.29 is 19.2 Å². The molecule has 148 valence electrons. The first-order valence-electron chi connectivity index (χ1n) is 8.79. The van der Waals surface area contributed by atoms with Crippen molar-refractivity contribution >= 4 is 29.2 Å². The molecule has 1 aromatic carbocycles. The van der Waals surface area contributed by atoms with Gasteiger partial charge in [0.05, 0.1) is 23.3 Å². The molecule has 0 aliphatic carbocycles. The fourth-order valence-corrected chi connectivity index (χ4v) is 3.02. The Hall–Kier alpha value is -3.50. The second-order valence-corrected chi connectivity index (χ2v) is 6.30. The zero-order valence-electron chi connectivity index (χ0n) is 15.3. The number of nitro groups is 1. The summed E-state index contributed by atoms with van der Waals surface area (Å²) in [6.45, 7) is 1.42. The zero-order valence-corrected chi connectivity index (χ0v) is 15.3. The number of nitro benzene ring substituents is 1. The first kappa shape index (κ1) is 19.3. The van der Waals surface area contributed by atoms with Gasteiger partial charge in [0.2, 0.25) is 5.95 Å². The number of piperidine rings is 1. The van der Waals surface area contributed by atoms with Gasteiger partial charge in [-0.2, -0.15) is 0 Å². The Morgan fingerprint density at radius 3 is 2.71 bits per heavy atom. The molecule has 1 fully saturated rings. The van der Waals surface area contributed by atoms with Gasteiger partial charge in [0.25, 0.3) is 11.6 Å². The van der Waals surface area contributed by atoms with Crippen molar-refractivity contribution in [1.82, 2.24) is 14.8 Å². The number of amides is 1. The molecule has 0 atom stereocenters. The molecule has 1 aliphatic heterocycles. The lowest BCUT2D eigenvalue weighted by atomic mass is 10.1. The van der Waals surface area contributed by atoms with E-state index in [1.165, 1.54) is 30.3 Å². The molecular formula is C17H20N6O5. The average molecular weight is 388 g/mol. The lowest BCUT2D eigenvalue weighted by Gasteiger charge is -2.30. The minimum atomic E-state index is -0.555. The number of nitrogens with one attached hydrogen (secondary N) is 1. The standard InChI is InChI=1S/C17H20N6O5/c1-28-15(24)10-22-11-18-17(20-22)19-16(25)13-9-12(23(26)27)5-6-14(13)21-7-3-2-4-8-21/h5-6,9,11H,2-4,7-8,10H2,1H3,(H,19,20,25). The topological polar surface area (TPSA) is 132 Å². The molecule has 1 aromatic heterocycles. The number of hydrogen-bond donors (Lipinski definition) is 1. The lowest BCUT2D eigenvalue weighted by Crippen LogP contribution is -2.31. The number of esters is 1. The summed E-state index contributed by atoms with van der Waals surface area (Å²) in [5, 5.41) is 17.7. The summed E-state index contributed by atoms with van der Waals surface area (Å²) < 4.78 is 5.77. The maximum Gasteiger partial charge on any atom is 0.327 e. The fourth-order valence-electron chi connectivity index (χ4n) is 3.02. The molecular weight excluding hydrogens is 368 g/mol. The van der Waals surface area contributed by atoms with Crippen LogP contribution in [-0.2, 0) is 16.1 Å². The molecule has 1 saturated heterocycles. The number of carbonyl (C=O) groups excluding carboxylic acids is 2. The molecule has 11 heteroatoms. The molecule has 0 radical (unpaired) electrons. The van der Waals surface area contributed by atoms with E-state index in [1.807, 2.05) is 4.90 Å². The highest BCUT2D eigenvalue weighted by Crippen LogP contribution is 2.28. The Balaban J connectivity index is 1.83. The molecule has 1 amide bonds. The van der Waals surface area contributed by atoms with Gasteiger partial charge in [-0.15, -0.1) is 5.10 Å². The Morgan fingerprint density at radius 1 is 1.29 bits per heavy atom. The van der Waals surface area contributed by atoms with Crippen molar-refractivity contribution in [2.75, 3.05) is 30.4 Å². The molecule has 0 bridgehead atoms. The predicted octanol–water partition coefficient (Wildman–Crippen LogP) is 1.60. The molecule has 0 unspecified atom stereocenters. The molecule has 11 nitrogen and oxygen atoms in total. The number of methoxy groups -OCH3 is 1. The van der Waals surface area contributed by atoms with E-state index in [-0.39, 0.29) is 23.7 Å². The summed E-state index contributed by atoms with van der Waals surface area (Å²) in [6.07, 6.45) is 4.40. The SMILES string of the molecule is COC(=O)Cn1cnc(NC(=O)c2cc([N+](=O)[O-])ccc2N2CCCCC2)n1. The Morgan fingerprint density at radius 2 is 2.04 bits per heavy atom. The predicted molar refractivity (Wildman–Crippen MR) is 99.2 cm³/mol. The van der Waals surface area contributed by atoms with E-state index in [4.69, 9.17) is 0 Å². The molecule has 28 heavy (non-hydrogen) atoms. The largest absolute Gasteiger partial charge is 0.468 e. The molecule has 0 spiro atoms. The maximum absolute atomic E-state index is 12.8. The molecule has 0 saturated carbocycles. The molecule has 1 N–H and O–H groups in total. The Labute approximate surface area is 160 Å². The second-order valence-electron chi connectivity index (χ2n) is 6.30. The summed E-state index contributed by atoms with van der Waals surface area (Å²) in [4.78, 5) is 40.7. The van der Waals surface area contributed by atoms with Crippen molar-refractivity contribution in [3.63, 3.8) is 0 Å². The number of nitrogens with zero attached hydrogens (tertiary/aromatic N) is 5. The van der Waals surface area contributed by atoms with Gasteiger partial charge in [-0.25, -0.2) is 9.67 Å². The number of hydrogen-bond acceptors (Lipinski definition) is 8. The molecule has 2 heterocycles. The van der Waals surface area contributed by atoms with E-state index in [2.05, 4.69) is 20.1 Å². The van der Waals surface area contributed by atoms with Gasteiger partial charge < -0.3 is 9.64 Å². The smallest absolute Gasteiger partial charge is 0.327 e. The van der Waals surface area contributed by atoms with Gasteiger partial charge in [-0.3, -0.25) is 25.0 Å². The van der Waals surface area contributed by atoms with Gasteiger partial charge in [-0.05, 0) is 25.3 Å². The van der Waals surface area contributed by atoms with E-state index in [9.17, 15) is 19.7 Å². The van der Waals surface area contributed by atoms with Crippen molar-refractivity contribution in [3.05, 3.63) is 40.2 Å². The van der Waals surface area contributed by atoms with Crippen LogP contribution in [0, 0.1) is 10.1 Å². The fraction of sp³-hybridized carbons (Fsp3) is 0.412. The summed E-state index contributed by atoms with van der Waals surface area (Å²) >= 11 is 0. The van der Waals surface area contributed by atoms with Crippen LogP contribution in [-0.4, -0.2) is 51.8 Å². The number of aromatic nitrogens is 3. The van der Waals surface area contributed by atoms with Crippen LogP contribution in [0.1, 0.15) is 29.6 Å². The van der Waals surface area contributed by atoms with Crippen molar-refractivity contribution in [3.8, 4) is 0 Å². The number of ether oxygens (including phenoxy) is 1. The van der Waals surface area contributed by atoms with E-state index in [1.54, 1.807) is 6.07 Å². The van der Waals surface area contributed by atoms with E-state index in [0.29, 0.717) is 5.69 Å². The van der Waals surface area contributed by atoms with Crippen LogP contribution >= 0.6 is 0 Å². The average Bonchev–Trinajstić information content (AvgIpc) is 3.14. The van der Waals surface area contributed by atoms with Gasteiger partial charge in [0.1, 0.15) is 12.9 Å². The van der Waals surface area contributed by atoms with Crippen molar-refractivity contribution in [1.29, 1.82) is 0 Å². The van der Waals surface area contributed by atoms with Crippen LogP contribution in [0.3, 0.4) is 0 Å². The number of carbonyl (C=O) groups is 2. The monoisotopic (exact) mass is 388 g/mol. The summed E-state index contributed by atoms with van der Waals surface area (Å²) in [6, 6.07) is 4.25. The Kier molecular flexibility index (Phi) is 5.82. The maximum atomic E-state index is 12.8. The lowest BCUT2D eigenvalue weighted by molar-refractivity contribution is -0.384. The summed E-state index contributed by atoms with van der Waals surface area (Å²) in [5.74, 6) is -1.07. The quantitative estimate of drug-likeness (QED) is 0.448. The molecule has 1 aliphatic rings. The summed E-state index contributed by atoms with van der Waals surface area (Å²) in [7, 11) is 1.26. The number of rotatable bonds is 6. The second kappa shape index (κ2) is 8.46. The normalized spacial score (nSPS) is 13.8.